The molecule has 8 bridgehead atoms. The first-order chi connectivity index (χ1) is 30.3. The summed E-state index contributed by atoms with van der Waals surface area (Å²) in [6.45, 7) is 1.65. The van der Waals surface area contributed by atoms with E-state index in [1.54, 1.807) is 24.3 Å². The van der Waals surface area contributed by atoms with E-state index in [1.165, 1.54) is 12.1 Å². The second-order valence-electron chi connectivity index (χ2n) is 14.6. The minimum Gasteiger partial charge on any atom is -0.507 e. The highest BCUT2D eigenvalue weighted by molar-refractivity contribution is 5.81. The maximum atomic E-state index is 11.8. The summed E-state index contributed by atoms with van der Waals surface area (Å²) in [7, 11) is 0. The molecule has 6 aromatic rings. The minimum atomic E-state index is -0.213. The van der Waals surface area contributed by atoms with Gasteiger partial charge in [0.25, 0.3) is 0 Å². The van der Waals surface area contributed by atoms with E-state index in [4.69, 9.17) is 28.4 Å². The summed E-state index contributed by atoms with van der Waals surface area (Å²) in [6.07, 6.45) is 2.63. The zero-order chi connectivity index (χ0) is 43.3. The average molecular weight is 841 g/mol. The molecule has 7 rings (SSSR count). The number of hydrogen-bond acceptors (Lipinski definition) is 12. The van der Waals surface area contributed by atoms with Crippen LogP contribution >= 0.6 is 0 Å². The lowest BCUT2D eigenvalue weighted by Crippen LogP contribution is -2.14. The lowest BCUT2D eigenvalue weighted by Gasteiger charge is -2.20. The van der Waals surface area contributed by atoms with Gasteiger partial charge in [-0.2, -0.15) is 0 Å². The van der Waals surface area contributed by atoms with E-state index in [1.807, 2.05) is 72.8 Å². The fourth-order valence-electron chi connectivity index (χ4n) is 7.42. The molecule has 1 aliphatic rings. The monoisotopic (exact) mass is 840 g/mol. The van der Waals surface area contributed by atoms with Crippen LogP contribution in [0.2, 0.25) is 0 Å². The van der Waals surface area contributed by atoms with Crippen LogP contribution in [0.25, 0.3) is 0 Å². The van der Waals surface area contributed by atoms with Gasteiger partial charge in [-0.3, -0.25) is 9.59 Å². The van der Waals surface area contributed by atoms with Gasteiger partial charge in [0.2, 0.25) is 0 Å². The van der Waals surface area contributed by atoms with Crippen molar-refractivity contribution >= 4 is 12.6 Å². The van der Waals surface area contributed by atoms with Crippen LogP contribution in [0.4, 0.5) is 0 Å². The van der Waals surface area contributed by atoms with Gasteiger partial charge in [-0.15, -0.1) is 0 Å². The fraction of sp³-hybridized carbons (Fsp3) is 0.240. The van der Waals surface area contributed by atoms with E-state index in [0.717, 1.165) is 44.5 Å². The number of aromatic hydroxyl groups is 4. The predicted molar refractivity (Wildman–Crippen MR) is 231 cm³/mol. The maximum Gasteiger partial charge on any atom is 0.168 e. The Morgan fingerprint density at radius 2 is 0.645 bits per heavy atom. The molecule has 0 saturated heterocycles. The highest BCUT2D eigenvalue weighted by atomic mass is 16.6. The quantitative estimate of drug-likeness (QED) is 0.0490. The molecule has 0 amide bonds. The smallest absolute Gasteiger partial charge is 0.168 e. The number of carbonyl (C=O) groups is 2. The van der Waals surface area contributed by atoms with Crippen molar-refractivity contribution in [1.82, 2.24) is 0 Å². The van der Waals surface area contributed by atoms with Crippen LogP contribution < -0.4 is 18.9 Å². The zero-order valence-corrected chi connectivity index (χ0v) is 34.1. The van der Waals surface area contributed by atoms with Gasteiger partial charge < -0.3 is 48.8 Å². The molecule has 0 fully saturated rings. The molecule has 0 spiro atoms. The third-order valence-electron chi connectivity index (χ3n) is 10.5. The van der Waals surface area contributed by atoms with Crippen molar-refractivity contribution in [3.05, 3.63) is 165 Å². The molecule has 0 heterocycles. The number of carbonyl (C=O) groups excluding carboxylic acids is 2. The molecule has 0 saturated carbocycles. The molecular weight excluding hydrogens is 793 g/mol. The molecule has 0 aliphatic heterocycles. The van der Waals surface area contributed by atoms with Crippen LogP contribution in [0, 0.1) is 0 Å². The topological polar surface area (TPSA) is 170 Å². The largest absolute Gasteiger partial charge is 0.507 e. The molecule has 0 aromatic heterocycles. The molecule has 12 heteroatoms. The second-order valence-corrected chi connectivity index (χ2v) is 14.6. The fourth-order valence-corrected chi connectivity index (χ4v) is 7.42. The molecule has 4 N–H and O–H groups in total. The third kappa shape index (κ3) is 10.5. The Balaban J connectivity index is 1.06. The van der Waals surface area contributed by atoms with Gasteiger partial charge in [-0.05, 0) is 68.8 Å². The Kier molecular flexibility index (Phi) is 14.6. The SMILES string of the molecule is O=Cc1cccc(OCCOCCOc2c3cccc2Cc2cccc(c2O)Cc2cccc(c2OCCOCCOc2cccc(C=O)c2O)Cc2cccc(c2O)C3)c1O. The maximum absolute atomic E-state index is 11.8. The number of phenolic OH excluding ortho intramolecular Hbond substituents is 4. The van der Waals surface area contributed by atoms with E-state index >= 15 is 0 Å². The summed E-state index contributed by atoms with van der Waals surface area (Å²) in [5.41, 5.74) is 6.59. The lowest BCUT2D eigenvalue weighted by atomic mass is 9.91. The van der Waals surface area contributed by atoms with Gasteiger partial charge in [0.15, 0.2) is 35.6 Å². The van der Waals surface area contributed by atoms with Gasteiger partial charge in [0.05, 0.1) is 37.6 Å². The van der Waals surface area contributed by atoms with Crippen molar-refractivity contribution < 1.29 is 58.4 Å². The van der Waals surface area contributed by atoms with E-state index in [2.05, 4.69) is 0 Å². The number of para-hydroxylation sites is 6. The molecular formula is C50H48O12. The summed E-state index contributed by atoms with van der Waals surface area (Å²) in [6, 6.07) is 32.7. The third-order valence-corrected chi connectivity index (χ3v) is 10.5. The number of phenols is 4. The van der Waals surface area contributed by atoms with Crippen molar-refractivity contribution in [2.24, 2.45) is 0 Å². The number of benzene rings is 6. The van der Waals surface area contributed by atoms with Crippen LogP contribution in [0.15, 0.2) is 109 Å². The van der Waals surface area contributed by atoms with E-state index < -0.39 is 0 Å². The van der Waals surface area contributed by atoms with Crippen LogP contribution in [0.5, 0.6) is 46.0 Å². The predicted octanol–water partition coefficient (Wildman–Crippen LogP) is 7.76. The van der Waals surface area contributed by atoms with Crippen molar-refractivity contribution in [2.75, 3.05) is 52.9 Å². The van der Waals surface area contributed by atoms with Gasteiger partial charge in [-0.1, -0.05) is 84.9 Å². The molecule has 0 radical (unpaired) electrons. The van der Waals surface area contributed by atoms with Gasteiger partial charge in [0, 0.05) is 25.7 Å². The van der Waals surface area contributed by atoms with Crippen LogP contribution in [0.1, 0.15) is 65.2 Å². The summed E-state index contributed by atoms with van der Waals surface area (Å²) in [5, 5.41) is 43.9. The summed E-state index contributed by atoms with van der Waals surface area (Å²) in [4.78, 5) is 22.3. The van der Waals surface area contributed by atoms with E-state index in [9.17, 15) is 30.0 Å². The lowest BCUT2D eigenvalue weighted by molar-refractivity contribution is 0.0753. The Hall–Kier alpha value is -7.02. The van der Waals surface area contributed by atoms with Crippen molar-refractivity contribution in [2.45, 2.75) is 25.7 Å². The Morgan fingerprint density at radius 1 is 0.355 bits per heavy atom. The van der Waals surface area contributed by atoms with Crippen LogP contribution in [0.3, 0.4) is 0 Å². The average Bonchev–Trinajstić information content (AvgIpc) is 3.27. The summed E-state index contributed by atoms with van der Waals surface area (Å²) in [5.74, 6) is 1.61. The number of hydrogen-bond donors (Lipinski definition) is 4. The number of rotatable bonds is 18. The molecule has 0 unspecified atom stereocenters. The highest BCUT2D eigenvalue weighted by Crippen LogP contribution is 2.38. The molecule has 0 atom stereocenters. The van der Waals surface area contributed by atoms with Crippen molar-refractivity contribution in [1.29, 1.82) is 0 Å². The normalized spacial score (nSPS) is 12.0. The molecule has 1 aliphatic carbocycles. The Bertz CT molecular complexity index is 2240. The molecule has 62 heavy (non-hydrogen) atoms. The van der Waals surface area contributed by atoms with Crippen molar-refractivity contribution in [3.63, 3.8) is 0 Å². The van der Waals surface area contributed by atoms with Crippen LogP contribution in [-0.2, 0) is 35.2 Å². The van der Waals surface area contributed by atoms with Gasteiger partial charge in [0.1, 0.15) is 49.4 Å². The second kappa shape index (κ2) is 21.0. The number of aldehydes is 2. The van der Waals surface area contributed by atoms with Crippen molar-refractivity contribution in [3.8, 4) is 46.0 Å². The standard InChI is InChI=1S/C50H48O12/c51-31-41-15-5-17-43(47(41)55)59-23-19-57-21-25-61-49-37-11-3-13-39(49)29-35-9-2-10-36(46(35)54)30-40-14-4-12-38(28-34-8-1-7-33(27-37)45(34)53)50(40)62-26-22-58-20-24-60-44-18-6-16-42(32-52)48(44)56/h1-18,31-32,53-56H,19-30H2. The Labute approximate surface area is 359 Å². The van der Waals surface area contributed by atoms with Crippen LogP contribution in [-0.4, -0.2) is 85.9 Å². The molecule has 6 aromatic carbocycles. The number of fused-ring (bicyclic) bond motifs is 8. The van der Waals surface area contributed by atoms with E-state index in [0.29, 0.717) is 49.8 Å². The first-order valence-corrected chi connectivity index (χ1v) is 20.4. The minimum absolute atomic E-state index is 0.145. The molecule has 320 valence electrons. The number of ether oxygens (including phenoxy) is 6. The molecule has 12 nitrogen and oxygen atoms in total. The highest BCUT2D eigenvalue weighted by Gasteiger charge is 2.20. The van der Waals surface area contributed by atoms with Gasteiger partial charge >= 0.3 is 0 Å². The first-order valence-electron chi connectivity index (χ1n) is 20.4. The summed E-state index contributed by atoms with van der Waals surface area (Å²) >= 11 is 0. The first kappa shape index (κ1) is 43.1. The summed E-state index contributed by atoms with van der Waals surface area (Å²) < 4.78 is 35.7. The Morgan fingerprint density at radius 3 is 0.968 bits per heavy atom. The van der Waals surface area contributed by atoms with Gasteiger partial charge in [-0.25, -0.2) is 0 Å². The zero-order valence-electron chi connectivity index (χ0n) is 34.1. The van der Waals surface area contributed by atoms with E-state index in [-0.39, 0.29) is 98.5 Å².